The van der Waals surface area contributed by atoms with Crippen molar-refractivity contribution in [3.8, 4) is 16.8 Å². The van der Waals surface area contributed by atoms with Crippen LogP contribution in [0.2, 0.25) is 0 Å². The van der Waals surface area contributed by atoms with Gasteiger partial charge in [0.25, 0.3) is 0 Å². The molecule has 3 heterocycles. The second-order valence-corrected chi connectivity index (χ2v) is 8.39. The molecule has 2 N–H and O–H groups in total. The van der Waals surface area contributed by atoms with Crippen LogP contribution >= 0.6 is 0 Å². The van der Waals surface area contributed by atoms with E-state index in [1.165, 1.54) is 16.7 Å². The summed E-state index contributed by atoms with van der Waals surface area (Å²) in [7, 11) is 0. The Kier molecular flexibility index (Phi) is 3.85. The molecule has 31 heavy (non-hydrogen) atoms. The third kappa shape index (κ3) is 2.75. The van der Waals surface area contributed by atoms with Gasteiger partial charge in [0.1, 0.15) is 11.6 Å². The number of nitrogens with one attached hydrogen (secondary N) is 2. The Hall–Kier alpha value is -3.36. The molecule has 0 amide bonds. The topological polar surface area (TPSA) is 58.5 Å². The highest BCUT2D eigenvalue weighted by Gasteiger charge is 2.43. The van der Waals surface area contributed by atoms with Crippen LogP contribution in [0.15, 0.2) is 30.5 Å². The lowest BCUT2D eigenvalue weighted by Gasteiger charge is -2.35. The van der Waals surface area contributed by atoms with E-state index in [9.17, 15) is 17.6 Å². The number of alkyl halides is 3. The van der Waals surface area contributed by atoms with E-state index < -0.39 is 23.1 Å². The van der Waals surface area contributed by atoms with Gasteiger partial charge in [-0.2, -0.15) is 13.2 Å². The molecule has 2 aromatic heterocycles. The monoisotopic (exact) mass is 429 g/mol. The smallest absolute Gasteiger partial charge is 0.371 e. The largest absolute Gasteiger partial charge is 0.419 e. The maximum Gasteiger partial charge on any atom is 0.419 e. The lowest BCUT2D eigenvalue weighted by atomic mass is 9.91. The number of hydrogen-bond donors (Lipinski definition) is 2. The van der Waals surface area contributed by atoms with Crippen LogP contribution < -0.4 is 5.32 Å². The van der Waals surface area contributed by atoms with E-state index in [0.29, 0.717) is 28.2 Å². The number of rotatable bonds is 1. The van der Waals surface area contributed by atoms with Gasteiger partial charge in [-0.25, -0.2) is 4.39 Å². The van der Waals surface area contributed by atoms with E-state index in [-0.39, 0.29) is 16.8 Å². The van der Waals surface area contributed by atoms with Gasteiger partial charge >= 0.3 is 6.18 Å². The van der Waals surface area contributed by atoms with Crippen molar-refractivity contribution in [2.45, 2.75) is 39.4 Å². The first-order valence-corrected chi connectivity index (χ1v) is 9.72. The Balaban J connectivity index is 1.92. The molecule has 9 heteroatoms. The summed E-state index contributed by atoms with van der Waals surface area (Å²) in [6.45, 7) is 7.05. The molecule has 0 unspecified atom stereocenters. The van der Waals surface area contributed by atoms with E-state index in [1.807, 2.05) is 13.8 Å². The van der Waals surface area contributed by atoms with Crippen molar-refractivity contribution in [1.29, 1.82) is 0 Å². The molecule has 5 rings (SSSR count). The standard InChI is InChI=1S/C22H19F4N5/c1-10-9-27-18-14(10)7-12(23)8-15(18)13-5-6-16-19(17(13)22(24,25)26)31-11(2)29-30-20(31)21(3,4)28-16/h5-9,27-28H,1-4H3. The molecule has 0 atom stereocenters. The minimum absolute atomic E-state index is 0.0810. The second-order valence-electron chi connectivity index (χ2n) is 8.39. The van der Waals surface area contributed by atoms with Gasteiger partial charge in [0, 0.05) is 17.1 Å². The molecule has 0 bridgehead atoms. The summed E-state index contributed by atoms with van der Waals surface area (Å²) in [5.74, 6) is 0.116. The summed E-state index contributed by atoms with van der Waals surface area (Å²) in [5.41, 5.74) is -0.114. The van der Waals surface area contributed by atoms with Crippen molar-refractivity contribution in [3.63, 3.8) is 0 Å². The molecule has 0 radical (unpaired) electrons. The molecule has 0 spiro atoms. The fourth-order valence-corrected chi connectivity index (χ4v) is 4.41. The number of aryl methyl sites for hydroxylation is 2. The van der Waals surface area contributed by atoms with Gasteiger partial charge in [-0.05, 0) is 57.0 Å². The Morgan fingerprint density at radius 3 is 2.48 bits per heavy atom. The summed E-state index contributed by atoms with van der Waals surface area (Å²) < 4.78 is 59.6. The third-order valence-electron chi connectivity index (χ3n) is 5.77. The summed E-state index contributed by atoms with van der Waals surface area (Å²) >= 11 is 0. The molecular formula is C22H19F4N5. The summed E-state index contributed by atoms with van der Waals surface area (Å²) in [6.07, 6.45) is -3.05. The highest BCUT2D eigenvalue weighted by atomic mass is 19.4. The number of H-pyrrole nitrogens is 1. The van der Waals surface area contributed by atoms with Crippen LogP contribution in [-0.4, -0.2) is 19.7 Å². The normalized spacial score (nSPS) is 15.0. The average Bonchev–Trinajstić information content (AvgIpc) is 3.23. The first-order chi connectivity index (χ1) is 14.5. The number of fused-ring (bicyclic) bond motifs is 4. The van der Waals surface area contributed by atoms with E-state index >= 15 is 0 Å². The van der Waals surface area contributed by atoms with Crippen LogP contribution in [0.4, 0.5) is 23.2 Å². The van der Waals surface area contributed by atoms with Gasteiger partial charge in [-0.1, -0.05) is 6.07 Å². The van der Waals surface area contributed by atoms with Gasteiger partial charge in [-0.15, -0.1) is 10.2 Å². The van der Waals surface area contributed by atoms with Crippen LogP contribution in [0.3, 0.4) is 0 Å². The van der Waals surface area contributed by atoms with Gasteiger partial charge in [0.15, 0.2) is 5.82 Å². The van der Waals surface area contributed by atoms with E-state index in [4.69, 9.17) is 0 Å². The van der Waals surface area contributed by atoms with Crippen LogP contribution in [0, 0.1) is 19.7 Å². The molecule has 5 nitrogen and oxygen atoms in total. The molecule has 1 aliphatic rings. The summed E-state index contributed by atoms with van der Waals surface area (Å²) in [4.78, 5) is 3.00. The molecule has 2 aromatic carbocycles. The number of aromatic amines is 1. The quantitative estimate of drug-likeness (QED) is 0.373. The molecular weight excluding hydrogens is 410 g/mol. The zero-order valence-electron chi connectivity index (χ0n) is 17.2. The number of benzene rings is 2. The Morgan fingerprint density at radius 2 is 1.77 bits per heavy atom. The summed E-state index contributed by atoms with van der Waals surface area (Å²) in [6, 6.07) is 5.44. The maximum atomic E-state index is 14.6. The van der Waals surface area contributed by atoms with Crippen LogP contribution in [0.25, 0.3) is 27.7 Å². The van der Waals surface area contributed by atoms with Crippen LogP contribution in [0.5, 0.6) is 0 Å². The molecule has 0 saturated heterocycles. The average molecular weight is 429 g/mol. The van der Waals surface area contributed by atoms with Gasteiger partial charge in [0.05, 0.1) is 28.0 Å². The van der Waals surface area contributed by atoms with Crippen molar-refractivity contribution in [3.05, 3.63) is 59.1 Å². The van der Waals surface area contributed by atoms with Crippen LogP contribution in [-0.2, 0) is 11.7 Å². The first kappa shape index (κ1) is 19.6. The molecule has 0 fully saturated rings. The van der Waals surface area contributed by atoms with Crippen molar-refractivity contribution >= 4 is 16.6 Å². The number of anilines is 1. The Bertz CT molecular complexity index is 1360. The molecule has 0 aliphatic carbocycles. The van der Waals surface area contributed by atoms with Gasteiger partial charge in [0.2, 0.25) is 0 Å². The van der Waals surface area contributed by atoms with Crippen molar-refractivity contribution < 1.29 is 17.6 Å². The molecule has 4 aromatic rings. The van der Waals surface area contributed by atoms with Crippen molar-refractivity contribution in [2.75, 3.05) is 5.32 Å². The van der Waals surface area contributed by atoms with Crippen molar-refractivity contribution in [1.82, 2.24) is 19.7 Å². The van der Waals surface area contributed by atoms with Crippen LogP contribution in [0.1, 0.15) is 36.6 Å². The molecule has 0 saturated carbocycles. The van der Waals surface area contributed by atoms with Crippen molar-refractivity contribution in [2.24, 2.45) is 0 Å². The predicted molar refractivity (Wildman–Crippen MR) is 110 cm³/mol. The fraction of sp³-hybridized carbons (Fsp3) is 0.273. The lowest BCUT2D eigenvalue weighted by molar-refractivity contribution is -0.137. The van der Waals surface area contributed by atoms with Gasteiger partial charge in [-0.3, -0.25) is 4.57 Å². The highest BCUT2D eigenvalue weighted by molar-refractivity contribution is 5.98. The zero-order chi connectivity index (χ0) is 22.3. The maximum absolute atomic E-state index is 14.6. The lowest BCUT2D eigenvalue weighted by Crippen LogP contribution is -2.37. The minimum Gasteiger partial charge on any atom is -0.371 e. The number of hydrogen-bond acceptors (Lipinski definition) is 3. The molecule has 1 aliphatic heterocycles. The predicted octanol–water partition coefficient (Wildman–Crippen LogP) is 5.85. The second kappa shape index (κ2) is 6.09. The Labute approximate surface area is 175 Å². The number of halogens is 4. The summed E-state index contributed by atoms with van der Waals surface area (Å²) in [5, 5.41) is 11.8. The highest BCUT2D eigenvalue weighted by Crippen LogP contribution is 2.48. The number of nitrogens with zero attached hydrogens (tertiary/aromatic N) is 3. The third-order valence-corrected chi connectivity index (χ3v) is 5.77. The SMILES string of the molecule is Cc1c[nH]c2c(-c3ccc4c(c3C(F)(F)F)-n3c(C)nnc3C(C)(C)N4)cc(F)cc12. The Morgan fingerprint density at radius 1 is 1.03 bits per heavy atom. The molecule has 160 valence electrons. The van der Waals surface area contributed by atoms with E-state index in [2.05, 4.69) is 20.5 Å². The fourth-order valence-electron chi connectivity index (χ4n) is 4.41. The zero-order valence-corrected chi connectivity index (χ0v) is 17.2. The van der Waals surface area contributed by atoms with E-state index in [0.717, 1.165) is 11.6 Å². The van der Waals surface area contributed by atoms with E-state index in [1.54, 1.807) is 26.1 Å². The van der Waals surface area contributed by atoms with Gasteiger partial charge < -0.3 is 10.3 Å². The minimum atomic E-state index is -4.71. The first-order valence-electron chi connectivity index (χ1n) is 9.72. The number of aromatic nitrogens is 4.